The van der Waals surface area contributed by atoms with E-state index in [0.29, 0.717) is 22.9 Å². The third-order valence-electron chi connectivity index (χ3n) is 12.4. The molecule has 0 atom stereocenters. The van der Waals surface area contributed by atoms with Crippen molar-refractivity contribution in [3.8, 4) is 73.2 Å². The minimum atomic E-state index is -0.517. The van der Waals surface area contributed by atoms with Crippen LogP contribution in [0.15, 0.2) is 230 Å². The van der Waals surface area contributed by atoms with Crippen LogP contribution in [0.2, 0.25) is 0 Å². The highest BCUT2D eigenvalue weighted by molar-refractivity contribution is 7.26. The van der Waals surface area contributed by atoms with Crippen LogP contribution in [-0.2, 0) is 0 Å². The summed E-state index contributed by atoms with van der Waals surface area (Å²) in [5.74, 6) is 0.977. The molecule has 0 bridgehead atoms. The molecule has 0 spiro atoms. The number of hydrogen-bond acceptors (Lipinski definition) is 4. The van der Waals surface area contributed by atoms with Crippen LogP contribution in [0.5, 0.6) is 0 Å². The molecule has 10 aromatic carbocycles. The second-order valence-corrected chi connectivity index (χ2v) is 17.2. The lowest BCUT2D eigenvalue weighted by Crippen LogP contribution is -2.04. The Morgan fingerprint density at radius 2 is 0.894 bits per heavy atom. The van der Waals surface area contributed by atoms with Gasteiger partial charge in [-0.2, -0.15) is 0 Å². The summed E-state index contributed by atoms with van der Waals surface area (Å²) in [4.78, 5) is 15.6. The molecule has 0 radical (unpaired) electrons. The molecule has 3 aromatic heterocycles. The Kier molecular flexibility index (Phi) is 7.24. The number of rotatable bonds is 7. The van der Waals surface area contributed by atoms with Crippen molar-refractivity contribution in [2.75, 3.05) is 0 Å². The predicted molar refractivity (Wildman–Crippen MR) is 277 cm³/mol. The summed E-state index contributed by atoms with van der Waals surface area (Å²) in [7, 11) is 0. The standard InChI is InChI=1S/C61H38N4S/c1-2-14-39(15-3-1)45-36-37-53(56(38-45)65-54-25-9-6-19-49(54)50-20-7-10-26-55(50)65)61-63-59(43-32-28-41(29-33-43)47-22-12-17-40-16-4-5-18-46(40)47)62-60(64-61)44-34-30-42(31-35-44)48-23-13-24-52-51-21-8-11-27-57(51)66-58(48)52/h1-38H/i6D,7D,9D,10D,19D,20D,25D,26D. The Morgan fingerprint density at radius 3 is 1.62 bits per heavy atom. The number of benzene rings is 10. The van der Waals surface area contributed by atoms with Gasteiger partial charge in [-0.15, -0.1) is 11.3 Å². The zero-order valence-corrected chi connectivity index (χ0v) is 35.8. The van der Waals surface area contributed by atoms with Crippen LogP contribution in [0.3, 0.4) is 0 Å². The Morgan fingerprint density at radius 1 is 0.364 bits per heavy atom. The Hall–Kier alpha value is -8.51. The zero-order valence-electron chi connectivity index (χ0n) is 43.0. The van der Waals surface area contributed by atoms with E-state index in [1.807, 2.05) is 84.9 Å². The van der Waals surface area contributed by atoms with Crippen molar-refractivity contribution in [3.63, 3.8) is 0 Å². The number of hydrogen-bond donors (Lipinski definition) is 0. The number of para-hydroxylation sites is 2. The molecule has 3 heterocycles. The van der Waals surface area contributed by atoms with Gasteiger partial charge in [0.1, 0.15) is 0 Å². The average molecular weight is 867 g/mol. The summed E-state index contributed by atoms with van der Waals surface area (Å²) in [6, 6.07) is 57.3. The first-order valence-corrected chi connectivity index (χ1v) is 22.4. The molecule has 13 aromatic rings. The van der Waals surface area contributed by atoms with E-state index in [2.05, 4.69) is 97.1 Å². The second-order valence-electron chi connectivity index (χ2n) is 16.1. The summed E-state index contributed by atoms with van der Waals surface area (Å²) in [5, 5.41) is 4.64. The molecule has 0 saturated heterocycles. The highest BCUT2D eigenvalue weighted by atomic mass is 32.1. The van der Waals surface area contributed by atoms with Crippen molar-refractivity contribution >= 4 is 64.1 Å². The molecule has 0 aliphatic rings. The maximum absolute atomic E-state index is 9.39. The first kappa shape index (κ1) is 30.6. The maximum Gasteiger partial charge on any atom is 0.166 e. The molecule has 0 saturated carbocycles. The topological polar surface area (TPSA) is 43.6 Å². The van der Waals surface area contributed by atoms with Crippen LogP contribution in [0, 0.1) is 0 Å². The lowest BCUT2D eigenvalue weighted by molar-refractivity contribution is 1.06. The van der Waals surface area contributed by atoms with Gasteiger partial charge in [0.05, 0.1) is 27.7 Å². The van der Waals surface area contributed by atoms with Gasteiger partial charge in [-0.25, -0.2) is 15.0 Å². The molecule has 0 N–H and O–H groups in total. The monoisotopic (exact) mass is 866 g/mol. The molecule has 0 fully saturated rings. The quantitative estimate of drug-likeness (QED) is 0.160. The number of thiophene rings is 1. The fourth-order valence-electron chi connectivity index (χ4n) is 9.18. The summed E-state index contributed by atoms with van der Waals surface area (Å²) >= 11 is 1.77. The molecule has 308 valence electrons. The van der Waals surface area contributed by atoms with Crippen LogP contribution < -0.4 is 0 Å². The van der Waals surface area contributed by atoms with Crippen LogP contribution >= 0.6 is 11.3 Å². The van der Waals surface area contributed by atoms with Crippen molar-refractivity contribution in [2.45, 2.75) is 0 Å². The van der Waals surface area contributed by atoms with E-state index in [4.69, 9.17) is 20.4 Å². The molecular weight excluding hydrogens is 821 g/mol. The van der Waals surface area contributed by atoms with Gasteiger partial charge in [-0.05, 0) is 74.4 Å². The highest BCUT2D eigenvalue weighted by Gasteiger charge is 2.21. The van der Waals surface area contributed by atoms with Crippen molar-refractivity contribution in [1.29, 1.82) is 0 Å². The van der Waals surface area contributed by atoms with Gasteiger partial charge in [-0.3, -0.25) is 0 Å². The van der Waals surface area contributed by atoms with Crippen molar-refractivity contribution in [2.24, 2.45) is 0 Å². The van der Waals surface area contributed by atoms with Crippen molar-refractivity contribution < 1.29 is 11.0 Å². The Bertz CT molecular complexity index is 4380. The molecule has 0 aliphatic heterocycles. The number of aromatic nitrogens is 4. The van der Waals surface area contributed by atoms with Gasteiger partial charge in [0.15, 0.2) is 17.5 Å². The third kappa shape index (κ3) is 6.40. The molecule has 0 aliphatic carbocycles. The van der Waals surface area contributed by atoms with E-state index in [0.717, 1.165) is 55.3 Å². The van der Waals surface area contributed by atoms with Gasteiger partial charge in [0.25, 0.3) is 0 Å². The van der Waals surface area contributed by atoms with Crippen LogP contribution in [0.4, 0.5) is 0 Å². The van der Waals surface area contributed by atoms with Gasteiger partial charge in [-0.1, -0.05) is 200 Å². The van der Waals surface area contributed by atoms with Crippen LogP contribution in [0.1, 0.15) is 11.0 Å². The minimum absolute atomic E-state index is 0.00719. The maximum atomic E-state index is 9.39. The van der Waals surface area contributed by atoms with E-state index in [9.17, 15) is 5.48 Å². The molecule has 0 unspecified atom stereocenters. The smallest absolute Gasteiger partial charge is 0.166 e. The van der Waals surface area contributed by atoms with Gasteiger partial charge < -0.3 is 4.57 Å². The fraction of sp³-hybridized carbons (Fsp3) is 0. The highest BCUT2D eigenvalue weighted by Crippen LogP contribution is 2.42. The Balaban J connectivity index is 1.06. The summed E-state index contributed by atoms with van der Waals surface area (Å²) < 4.78 is 76.2. The van der Waals surface area contributed by atoms with E-state index < -0.39 is 48.3 Å². The predicted octanol–water partition coefficient (Wildman–Crippen LogP) is 16.5. The van der Waals surface area contributed by atoms with Crippen LogP contribution in [0.25, 0.3) is 126 Å². The average Bonchev–Trinajstić information content (AvgIpc) is 4.04. The first-order valence-electron chi connectivity index (χ1n) is 25.6. The van der Waals surface area contributed by atoms with E-state index >= 15 is 0 Å². The number of fused-ring (bicyclic) bond motifs is 7. The SMILES string of the molecule is [2H]c1c([2H])c([2H])c2c(c1[2H])c1c([2H])c([2H])c([2H])c([2H])c1n2-c1cc(-c2ccccc2)ccc1-c1nc(-c2ccc(-c3cccc4ccccc34)cc2)nc(-c2ccc(-c3cccc4c3sc3ccccc34)cc2)n1. The molecule has 0 amide bonds. The van der Waals surface area contributed by atoms with E-state index in [1.54, 1.807) is 11.3 Å². The van der Waals surface area contributed by atoms with Gasteiger partial charge >= 0.3 is 0 Å². The van der Waals surface area contributed by atoms with Crippen LogP contribution in [-0.4, -0.2) is 19.5 Å². The lowest BCUT2D eigenvalue weighted by atomic mass is 9.97. The summed E-state index contributed by atoms with van der Waals surface area (Å²) in [5.41, 5.74) is 8.02. The number of nitrogens with zero attached hydrogens (tertiary/aromatic N) is 4. The summed E-state index contributed by atoms with van der Waals surface area (Å²) in [6.07, 6.45) is 0. The molecular formula is C61H38N4S. The van der Waals surface area contributed by atoms with Gasteiger partial charge in [0.2, 0.25) is 0 Å². The lowest BCUT2D eigenvalue weighted by Gasteiger charge is -2.16. The van der Waals surface area contributed by atoms with Crippen molar-refractivity contribution in [3.05, 3.63) is 230 Å². The molecule has 5 heteroatoms. The second kappa shape index (κ2) is 15.6. The zero-order chi connectivity index (χ0) is 50.5. The van der Waals surface area contributed by atoms with Gasteiger partial charge in [0, 0.05) is 47.6 Å². The first-order chi connectivity index (χ1) is 36.0. The third-order valence-corrected chi connectivity index (χ3v) is 13.6. The van der Waals surface area contributed by atoms with E-state index in [-0.39, 0.29) is 27.6 Å². The summed E-state index contributed by atoms with van der Waals surface area (Å²) in [6.45, 7) is 0. The Labute approximate surface area is 396 Å². The van der Waals surface area contributed by atoms with Crippen molar-refractivity contribution in [1.82, 2.24) is 19.5 Å². The van der Waals surface area contributed by atoms with E-state index in [1.165, 1.54) is 24.7 Å². The largest absolute Gasteiger partial charge is 0.308 e. The minimum Gasteiger partial charge on any atom is -0.308 e. The fourth-order valence-corrected chi connectivity index (χ4v) is 10.4. The molecule has 66 heavy (non-hydrogen) atoms. The molecule has 4 nitrogen and oxygen atoms in total. The molecule has 13 rings (SSSR count). The normalized spacial score (nSPS) is 13.3.